The van der Waals surface area contributed by atoms with E-state index in [1.54, 1.807) is 30.3 Å². The standard InChI is InChI=1S/C19H9N3O5/c23-17-11-6-5-10(9-13(11)18(24)22(17)15-7-8-26-21-15)16-20-14-4-2-1-3-12(14)19(25)27-16/h1-9H. The zero-order valence-corrected chi connectivity index (χ0v) is 13.6. The number of aromatic nitrogens is 2. The van der Waals surface area contributed by atoms with Crippen LogP contribution in [0.1, 0.15) is 20.7 Å². The van der Waals surface area contributed by atoms with E-state index in [0.717, 1.165) is 4.90 Å². The van der Waals surface area contributed by atoms with Crippen LogP contribution in [0.15, 0.2) is 68.5 Å². The summed E-state index contributed by atoms with van der Waals surface area (Å²) < 4.78 is 10.0. The third-order valence-corrected chi connectivity index (χ3v) is 4.32. The Kier molecular flexibility index (Phi) is 3.08. The number of amides is 2. The number of imide groups is 1. The minimum Gasteiger partial charge on any atom is -0.403 e. The number of hydrogen-bond donors (Lipinski definition) is 0. The Labute approximate surface area is 150 Å². The number of nitrogens with zero attached hydrogens (tertiary/aromatic N) is 3. The lowest BCUT2D eigenvalue weighted by Crippen LogP contribution is -2.29. The second kappa shape index (κ2) is 5.46. The molecule has 0 aliphatic carbocycles. The van der Waals surface area contributed by atoms with Crippen molar-refractivity contribution in [2.45, 2.75) is 0 Å². The van der Waals surface area contributed by atoms with Crippen LogP contribution in [-0.2, 0) is 0 Å². The van der Waals surface area contributed by atoms with Crippen LogP contribution in [0.5, 0.6) is 0 Å². The Morgan fingerprint density at radius 2 is 1.70 bits per heavy atom. The van der Waals surface area contributed by atoms with E-state index in [1.807, 2.05) is 0 Å². The van der Waals surface area contributed by atoms with Crippen LogP contribution < -0.4 is 10.5 Å². The Morgan fingerprint density at radius 3 is 2.52 bits per heavy atom. The maximum absolute atomic E-state index is 12.7. The zero-order valence-electron chi connectivity index (χ0n) is 13.6. The molecule has 5 rings (SSSR count). The van der Waals surface area contributed by atoms with Crippen LogP contribution in [0, 0.1) is 0 Å². The van der Waals surface area contributed by atoms with Crippen molar-refractivity contribution in [1.29, 1.82) is 0 Å². The number of para-hydroxylation sites is 1. The molecule has 0 atom stereocenters. The first kappa shape index (κ1) is 15.2. The summed E-state index contributed by atoms with van der Waals surface area (Å²) in [5.74, 6) is -0.850. The lowest BCUT2D eigenvalue weighted by atomic mass is 10.1. The predicted octanol–water partition coefficient (Wildman–Crippen LogP) is 2.64. The van der Waals surface area contributed by atoms with E-state index in [-0.39, 0.29) is 22.8 Å². The third-order valence-electron chi connectivity index (χ3n) is 4.32. The SMILES string of the molecule is O=C1c2ccc(-c3nc4ccccc4c(=O)o3)cc2C(=O)N1c1ccon1. The molecule has 1 aliphatic rings. The minimum atomic E-state index is -0.533. The third kappa shape index (κ3) is 2.20. The number of anilines is 1. The van der Waals surface area contributed by atoms with Gasteiger partial charge in [-0.05, 0) is 30.3 Å². The molecule has 0 unspecified atom stereocenters. The second-order valence-electron chi connectivity index (χ2n) is 5.89. The van der Waals surface area contributed by atoms with Crippen molar-refractivity contribution in [1.82, 2.24) is 10.1 Å². The topological polar surface area (TPSA) is 107 Å². The van der Waals surface area contributed by atoms with Crippen molar-refractivity contribution < 1.29 is 18.5 Å². The smallest absolute Gasteiger partial charge is 0.347 e. The molecule has 1 aliphatic heterocycles. The molecular formula is C19H9N3O5. The van der Waals surface area contributed by atoms with E-state index in [9.17, 15) is 14.4 Å². The molecule has 130 valence electrons. The molecule has 0 saturated heterocycles. The highest BCUT2D eigenvalue weighted by molar-refractivity contribution is 6.34. The lowest BCUT2D eigenvalue weighted by Gasteiger charge is -2.07. The van der Waals surface area contributed by atoms with E-state index >= 15 is 0 Å². The molecule has 0 saturated carbocycles. The van der Waals surface area contributed by atoms with Crippen LogP contribution >= 0.6 is 0 Å². The van der Waals surface area contributed by atoms with Crippen molar-refractivity contribution in [3.05, 3.63) is 76.3 Å². The predicted molar refractivity (Wildman–Crippen MR) is 93.4 cm³/mol. The average molecular weight is 359 g/mol. The van der Waals surface area contributed by atoms with Crippen LogP contribution in [-0.4, -0.2) is 22.0 Å². The van der Waals surface area contributed by atoms with E-state index in [4.69, 9.17) is 8.94 Å². The number of rotatable bonds is 2. The Bertz CT molecular complexity index is 1290. The highest BCUT2D eigenvalue weighted by Gasteiger charge is 2.38. The molecule has 0 fully saturated rings. The molecule has 0 radical (unpaired) electrons. The fourth-order valence-corrected chi connectivity index (χ4v) is 3.05. The van der Waals surface area contributed by atoms with Gasteiger partial charge >= 0.3 is 5.63 Å². The maximum Gasteiger partial charge on any atom is 0.347 e. The first-order valence-electron chi connectivity index (χ1n) is 7.97. The fraction of sp³-hybridized carbons (Fsp3) is 0. The molecule has 0 N–H and O–H groups in total. The van der Waals surface area contributed by atoms with Gasteiger partial charge in [0.25, 0.3) is 11.8 Å². The molecule has 27 heavy (non-hydrogen) atoms. The molecule has 8 nitrogen and oxygen atoms in total. The quantitative estimate of drug-likeness (QED) is 0.506. The fourth-order valence-electron chi connectivity index (χ4n) is 3.05. The van der Waals surface area contributed by atoms with Crippen LogP contribution in [0.3, 0.4) is 0 Å². The van der Waals surface area contributed by atoms with Gasteiger partial charge < -0.3 is 8.94 Å². The summed E-state index contributed by atoms with van der Waals surface area (Å²) in [4.78, 5) is 42.6. The van der Waals surface area contributed by atoms with E-state index < -0.39 is 17.4 Å². The highest BCUT2D eigenvalue weighted by atomic mass is 16.5. The largest absolute Gasteiger partial charge is 0.403 e. The number of carbonyl (C=O) groups excluding carboxylic acids is 2. The van der Waals surface area contributed by atoms with Crippen LogP contribution in [0.4, 0.5) is 5.82 Å². The van der Waals surface area contributed by atoms with Crippen molar-refractivity contribution in [2.24, 2.45) is 0 Å². The summed E-state index contributed by atoms with van der Waals surface area (Å²) in [6, 6.07) is 12.8. The molecule has 2 aromatic heterocycles. The zero-order chi connectivity index (χ0) is 18.5. The van der Waals surface area contributed by atoms with Gasteiger partial charge in [0.15, 0.2) is 5.82 Å². The molecule has 0 bridgehead atoms. The summed E-state index contributed by atoms with van der Waals surface area (Å²) in [6.07, 6.45) is 1.28. The molecule has 8 heteroatoms. The molecule has 4 aromatic rings. The van der Waals surface area contributed by atoms with Crippen molar-refractivity contribution in [3.63, 3.8) is 0 Å². The average Bonchev–Trinajstić information content (AvgIpc) is 3.29. The molecule has 0 spiro atoms. The number of carbonyl (C=O) groups is 2. The molecular weight excluding hydrogens is 350 g/mol. The normalized spacial score (nSPS) is 13.4. The van der Waals surface area contributed by atoms with Gasteiger partial charge in [-0.1, -0.05) is 17.3 Å². The van der Waals surface area contributed by atoms with Crippen molar-refractivity contribution in [3.8, 4) is 11.5 Å². The Hall–Kier alpha value is -4.07. The summed E-state index contributed by atoms with van der Waals surface area (Å²) in [7, 11) is 0. The van der Waals surface area contributed by atoms with Crippen LogP contribution in [0.2, 0.25) is 0 Å². The van der Waals surface area contributed by atoms with Gasteiger partial charge in [0.05, 0.1) is 22.0 Å². The van der Waals surface area contributed by atoms with Crippen LogP contribution in [0.25, 0.3) is 22.4 Å². The molecule has 2 aromatic carbocycles. The summed E-state index contributed by atoms with van der Waals surface area (Å²) in [5.41, 5.74) is 0.784. The minimum absolute atomic E-state index is 0.0710. The van der Waals surface area contributed by atoms with Gasteiger partial charge in [0.2, 0.25) is 5.89 Å². The van der Waals surface area contributed by atoms with Gasteiger partial charge in [-0.15, -0.1) is 0 Å². The van der Waals surface area contributed by atoms with Gasteiger partial charge in [0.1, 0.15) is 6.26 Å². The first-order valence-corrected chi connectivity index (χ1v) is 7.97. The van der Waals surface area contributed by atoms with E-state index in [0.29, 0.717) is 16.5 Å². The number of benzene rings is 2. The highest BCUT2D eigenvalue weighted by Crippen LogP contribution is 2.30. The van der Waals surface area contributed by atoms with Gasteiger partial charge in [-0.2, -0.15) is 0 Å². The van der Waals surface area contributed by atoms with Gasteiger partial charge in [-0.25, -0.2) is 14.7 Å². The van der Waals surface area contributed by atoms with E-state index in [1.165, 1.54) is 24.5 Å². The van der Waals surface area contributed by atoms with E-state index in [2.05, 4.69) is 10.1 Å². The molecule has 3 heterocycles. The summed E-state index contributed by atoms with van der Waals surface area (Å²) in [6.45, 7) is 0. The Balaban J connectivity index is 1.64. The van der Waals surface area contributed by atoms with Crippen molar-refractivity contribution >= 4 is 28.5 Å². The lowest BCUT2D eigenvalue weighted by molar-refractivity contribution is 0.0924. The summed E-state index contributed by atoms with van der Waals surface area (Å²) in [5, 5.41) is 4.01. The maximum atomic E-state index is 12.7. The Morgan fingerprint density at radius 1 is 0.889 bits per heavy atom. The van der Waals surface area contributed by atoms with Crippen molar-refractivity contribution in [2.75, 3.05) is 4.90 Å². The molecule has 2 amide bonds. The van der Waals surface area contributed by atoms with Gasteiger partial charge in [-0.3, -0.25) is 9.59 Å². The van der Waals surface area contributed by atoms with Gasteiger partial charge in [0, 0.05) is 11.6 Å². The first-order chi connectivity index (χ1) is 13.1. The second-order valence-corrected chi connectivity index (χ2v) is 5.89. The number of hydrogen-bond acceptors (Lipinski definition) is 7. The monoisotopic (exact) mass is 359 g/mol. The summed E-state index contributed by atoms with van der Waals surface area (Å²) >= 11 is 0. The number of fused-ring (bicyclic) bond motifs is 2.